The second-order valence-electron chi connectivity index (χ2n) is 11.8. The molecule has 0 bridgehead atoms. The minimum atomic E-state index is -0.103. The first-order chi connectivity index (χ1) is 15.1. The molecule has 1 aromatic heterocycles. The summed E-state index contributed by atoms with van der Waals surface area (Å²) in [6.45, 7) is 16.5. The Morgan fingerprint density at radius 3 is 2.31 bits per heavy atom. The maximum Gasteiger partial charge on any atom is 0.142 e. The Morgan fingerprint density at radius 2 is 1.66 bits per heavy atom. The molecule has 32 heavy (non-hydrogen) atoms. The maximum atomic E-state index is 11.5. The second-order valence-corrected chi connectivity index (χ2v) is 11.8. The van der Waals surface area contributed by atoms with Crippen molar-refractivity contribution in [1.82, 2.24) is 9.88 Å². The average molecular weight is 436 g/mol. The van der Waals surface area contributed by atoms with Crippen molar-refractivity contribution in [3.05, 3.63) is 53.3 Å². The third kappa shape index (κ3) is 4.66. The molecular weight excluding hydrogens is 394 g/mol. The molecule has 0 unspecified atom stereocenters. The third-order valence-corrected chi connectivity index (χ3v) is 7.32. The molecule has 174 valence electrons. The van der Waals surface area contributed by atoms with Gasteiger partial charge in [0.15, 0.2) is 0 Å². The zero-order chi connectivity index (χ0) is 23.1. The highest BCUT2D eigenvalue weighted by atomic mass is 16.3. The van der Waals surface area contributed by atoms with Gasteiger partial charge in [-0.15, -0.1) is 0 Å². The predicted octanol–water partition coefficient (Wildman–Crippen LogP) is 6.02. The molecule has 2 fully saturated rings. The van der Waals surface area contributed by atoms with E-state index in [1.165, 1.54) is 31.2 Å². The zero-order valence-corrected chi connectivity index (χ0v) is 20.9. The smallest absolute Gasteiger partial charge is 0.142 e. The van der Waals surface area contributed by atoms with Crippen LogP contribution >= 0.6 is 0 Å². The van der Waals surface area contributed by atoms with Crippen molar-refractivity contribution in [3.63, 3.8) is 0 Å². The Hall–Kier alpha value is -2.07. The van der Waals surface area contributed by atoms with Gasteiger partial charge in [-0.1, -0.05) is 53.7 Å². The van der Waals surface area contributed by atoms with E-state index >= 15 is 0 Å². The van der Waals surface area contributed by atoms with E-state index in [1.807, 2.05) is 12.3 Å². The highest BCUT2D eigenvalue weighted by Crippen LogP contribution is 2.45. The summed E-state index contributed by atoms with van der Waals surface area (Å²) < 4.78 is 0. The number of rotatable bonds is 4. The maximum absolute atomic E-state index is 11.5. The lowest BCUT2D eigenvalue weighted by molar-refractivity contribution is 0.213. The summed E-state index contributed by atoms with van der Waals surface area (Å²) in [6, 6.07) is 11.6. The van der Waals surface area contributed by atoms with Crippen LogP contribution < -0.4 is 4.90 Å². The van der Waals surface area contributed by atoms with Crippen molar-refractivity contribution in [2.45, 2.75) is 96.7 Å². The highest BCUT2D eigenvalue weighted by Gasteiger charge is 2.39. The van der Waals surface area contributed by atoms with Crippen LogP contribution in [0.1, 0.15) is 84.0 Å². The van der Waals surface area contributed by atoms with Crippen LogP contribution in [-0.4, -0.2) is 40.2 Å². The molecule has 4 rings (SSSR count). The van der Waals surface area contributed by atoms with Gasteiger partial charge in [-0.2, -0.15) is 0 Å². The molecule has 0 radical (unpaired) electrons. The lowest BCUT2D eigenvalue weighted by Crippen LogP contribution is -2.46. The normalized spacial score (nSPS) is 22.6. The van der Waals surface area contributed by atoms with Crippen LogP contribution in [0.5, 0.6) is 5.75 Å². The molecule has 0 amide bonds. The van der Waals surface area contributed by atoms with Crippen LogP contribution in [0.4, 0.5) is 5.69 Å². The van der Waals surface area contributed by atoms with Crippen LogP contribution in [-0.2, 0) is 17.4 Å². The summed E-state index contributed by atoms with van der Waals surface area (Å²) in [6.07, 6.45) is 6.73. The first-order valence-electron chi connectivity index (χ1n) is 12.3. The molecule has 2 aliphatic heterocycles. The molecule has 4 nitrogen and oxygen atoms in total. The summed E-state index contributed by atoms with van der Waals surface area (Å²) in [5, 5.41) is 11.5. The number of likely N-dealkylation sites (tertiary alicyclic amines) is 1. The van der Waals surface area contributed by atoms with E-state index in [0.717, 1.165) is 36.6 Å². The Morgan fingerprint density at radius 1 is 0.938 bits per heavy atom. The van der Waals surface area contributed by atoms with Gasteiger partial charge in [0.2, 0.25) is 0 Å². The van der Waals surface area contributed by atoms with Gasteiger partial charge < -0.3 is 10.0 Å². The molecule has 2 aliphatic rings. The van der Waals surface area contributed by atoms with Crippen molar-refractivity contribution >= 4 is 5.69 Å². The van der Waals surface area contributed by atoms with E-state index in [4.69, 9.17) is 0 Å². The van der Waals surface area contributed by atoms with Gasteiger partial charge in [0.05, 0.1) is 11.4 Å². The minimum Gasteiger partial charge on any atom is -0.505 e. The summed E-state index contributed by atoms with van der Waals surface area (Å²) in [7, 11) is 0. The van der Waals surface area contributed by atoms with Gasteiger partial charge in [0.1, 0.15) is 5.75 Å². The Bertz CT molecular complexity index is 926. The lowest BCUT2D eigenvalue weighted by Gasteiger charge is -2.38. The minimum absolute atomic E-state index is 0.0377. The van der Waals surface area contributed by atoms with Crippen LogP contribution in [0.3, 0.4) is 0 Å². The molecule has 0 spiro atoms. The number of hydrogen-bond donors (Lipinski definition) is 1. The van der Waals surface area contributed by atoms with E-state index in [9.17, 15) is 5.11 Å². The largest absolute Gasteiger partial charge is 0.505 e. The highest BCUT2D eigenvalue weighted by molar-refractivity contribution is 5.66. The quantitative estimate of drug-likeness (QED) is 0.638. The number of anilines is 1. The predicted molar refractivity (Wildman–Crippen MR) is 134 cm³/mol. The Kier molecular flexibility index (Phi) is 6.28. The van der Waals surface area contributed by atoms with E-state index in [-0.39, 0.29) is 10.8 Å². The number of aromatic nitrogens is 1. The lowest BCUT2D eigenvalue weighted by atomic mass is 9.79. The topological polar surface area (TPSA) is 39.6 Å². The molecular formula is C28H41N3O. The first-order valence-corrected chi connectivity index (χ1v) is 12.3. The Balaban J connectivity index is 1.68. The number of benzene rings is 1. The molecule has 2 aromatic rings. The molecule has 1 N–H and O–H groups in total. The van der Waals surface area contributed by atoms with E-state index in [2.05, 4.69) is 80.6 Å². The molecule has 0 aliphatic carbocycles. The van der Waals surface area contributed by atoms with Gasteiger partial charge in [-0.05, 0) is 66.8 Å². The standard InChI is InChI=1S/C28H41N3O/c1-27(2,3)20-17-22(28(4,5)6)26(32)25(18-20)31-16-10-13-24(31)23-12-9-15-30(23)19-21-11-7-8-14-29-21/h7-8,11,14,17-18,23-24,32H,9-10,12-13,15-16,19H2,1-6H3/t23-,24-/m1/s1. The SMILES string of the molecule is CC(C)(C)c1cc(N2CCC[C@@H]2[C@H]2CCCN2Cc2ccccn2)c(O)c(C(C)(C)C)c1. The van der Waals surface area contributed by atoms with Crippen molar-refractivity contribution in [2.75, 3.05) is 18.0 Å². The van der Waals surface area contributed by atoms with Crippen molar-refractivity contribution in [2.24, 2.45) is 0 Å². The fraction of sp³-hybridized carbons (Fsp3) is 0.607. The molecule has 2 saturated heterocycles. The molecule has 4 heteroatoms. The first kappa shape index (κ1) is 23.1. The molecule has 2 atom stereocenters. The number of nitrogens with zero attached hydrogens (tertiary/aromatic N) is 3. The Labute approximate surface area is 194 Å². The molecule has 3 heterocycles. The van der Waals surface area contributed by atoms with Crippen LogP contribution in [0.2, 0.25) is 0 Å². The van der Waals surface area contributed by atoms with Crippen molar-refractivity contribution < 1.29 is 5.11 Å². The van der Waals surface area contributed by atoms with Gasteiger partial charge in [0, 0.05) is 36.9 Å². The van der Waals surface area contributed by atoms with Crippen LogP contribution in [0, 0.1) is 0 Å². The number of hydrogen-bond acceptors (Lipinski definition) is 4. The summed E-state index contributed by atoms with van der Waals surface area (Å²) in [4.78, 5) is 9.73. The fourth-order valence-corrected chi connectivity index (χ4v) is 5.52. The molecule has 0 saturated carbocycles. The van der Waals surface area contributed by atoms with Gasteiger partial charge in [-0.25, -0.2) is 0 Å². The second kappa shape index (κ2) is 8.70. The summed E-state index contributed by atoms with van der Waals surface area (Å²) >= 11 is 0. The van der Waals surface area contributed by atoms with Gasteiger partial charge in [-0.3, -0.25) is 9.88 Å². The van der Waals surface area contributed by atoms with E-state index in [1.54, 1.807) is 0 Å². The molecule has 1 aromatic carbocycles. The third-order valence-electron chi connectivity index (χ3n) is 7.32. The zero-order valence-electron chi connectivity index (χ0n) is 20.9. The van der Waals surface area contributed by atoms with E-state index in [0.29, 0.717) is 17.8 Å². The van der Waals surface area contributed by atoms with Crippen LogP contribution in [0.25, 0.3) is 0 Å². The van der Waals surface area contributed by atoms with E-state index < -0.39 is 0 Å². The van der Waals surface area contributed by atoms with Gasteiger partial charge in [0.25, 0.3) is 0 Å². The fourth-order valence-electron chi connectivity index (χ4n) is 5.52. The van der Waals surface area contributed by atoms with Gasteiger partial charge >= 0.3 is 0 Å². The van der Waals surface area contributed by atoms with Crippen LogP contribution in [0.15, 0.2) is 36.5 Å². The summed E-state index contributed by atoms with van der Waals surface area (Å²) in [5.74, 6) is 0.478. The number of aromatic hydroxyl groups is 1. The monoisotopic (exact) mass is 435 g/mol. The number of pyridine rings is 1. The number of phenolic OH excluding ortho intramolecular Hbond substituents is 1. The number of phenols is 1. The summed E-state index contributed by atoms with van der Waals surface area (Å²) in [5.41, 5.74) is 4.48. The van der Waals surface area contributed by atoms with Crippen molar-refractivity contribution in [1.29, 1.82) is 0 Å². The van der Waals surface area contributed by atoms with Crippen molar-refractivity contribution in [3.8, 4) is 5.75 Å². The average Bonchev–Trinajstić information content (AvgIpc) is 3.36.